The summed E-state index contributed by atoms with van der Waals surface area (Å²) >= 11 is 0. The Morgan fingerprint density at radius 2 is 1.76 bits per heavy atom. The number of nitrogens with zero attached hydrogens (tertiary/aromatic N) is 2. The van der Waals surface area contributed by atoms with Crippen molar-refractivity contribution in [2.75, 3.05) is 19.7 Å². The number of carboxylic acids is 2. The zero-order valence-electron chi connectivity index (χ0n) is 19.9. The van der Waals surface area contributed by atoms with E-state index in [9.17, 15) is 26.3 Å². The standard InChI is InChI=1S/C19H24N2O3.2C2HF3O2/c1-2-7-20-17(4-1)13-23-18-10-19(24-14-18)6-3-8-21(15-19)11-16-5-9-22-12-16;2*3-2(4,5)1(6)7/h1-2,4-5,7,9,12,18H,3,6,8,10-11,13-15H2;2*(H,6,7)/t18-,19-;;/m0../s1. The van der Waals surface area contributed by atoms with E-state index in [1.807, 2.05) is 30.5 Å². The molecular weight excluding hydrogens is 530 g/mol. The van der Waals surface area contributed by atoms with Crippen molar-refractivity contribution in [1.82, 2.24) is 9.88 Å². The molecule has 2 atom stereocenters. The van der Waals surface area contributed by atoms with Crippen LogP contribution < -0.4 is 0 Å². The lowest BCUT2D eigenvalue weighted by Gasteiger charge is -2.39. The summed E-state index contributed by atoms with van der Waals surface area (Å²) in [6.07, 6.45) is -1.36. The van der Waals surface area contributed by atoms with E-state index >= 15 is 0 Å². The Balaban J connectivity index is 0.000000301. The number of carbonyl (C=O) groups is 2. The molecule has 2 saturated heterocycles. The fourth-order valence-electron chi connectivity index (χ4n) is 3.85. The minimum absolute atomic E-state index is 0.0449. The molecule has 4 heterocycles. The lowest BCUT2D eigenvalue weighted by Crippen LogP contribution is -2.47. The second-order valence-corrected chi connectivity index (χ2v) is 8.50. The SMILES string of the molecule is O=C(O)C(F)(F)F.O=C(O)C(F)(F)F.c1ccc(CO[C@@H]2CO[C@@]3(CCCN(Cc4ccoc4)C3)C2)nc1. The van der Waals surface area contributed by atoms with E-state index in [0.29, 0.717) is 13.2 Å². The molecule has 0 saturated carbocycles. The van der Waals surface area contributed by atoms with E-state index in [2.05, 4.69) is 9.88 Å². The van der Waals surface area contributed by atoms with Gasteiger partial charge < -0.3 is 24.1 Å². The Kier molecular flexibility index (Phi) is 11.1. The Morgan fingerprint density at radius 3 is 2.29 bits per heavy atom. The average Bonchev–Trinajstić information content (AvgIpc) is 3.48. The molecule has 0 aliphatic carbocycles. The highest BCUT2D eigenvalue weighted by molar-refractivity contribution is 5.73. The van der Waals surface area contributed by atoms with Crippen LogP contribution in [0, 0.1) is 0 Å². The number of alkyl halides is 6. The quantitative estimate of drug-likeness (QED) is 0.520. The third kappa shape index (κ3) is 10.7. The molecule has 0 aromatic carbocycles. The van der Waals surface area contributed by atoms with Gasteiger partial charge in [-0.2, -0.15) is 26.3 Å². The molecule has 2 N–H and O–H groups in total. The van der Waals surface area contributed by atoms with E-state index in [4.69, 9.17) is 33.7 Å². The Bertz CT molecular complexity index is 978. The molecule has 1 spiro atoms. The van der Waals surface area contributed by atoms with E-state index < -0.39 is 24.3 Å². The maximum Gasteiger partial charge on any atom is 0.490 e. The van der Waals surface area contributed by atoms with Crippen molar-refractivity contribution in [1.29, 1.82) is 0 Å². The van der Waals surface area contributed by atoms with Crippen molar-refractivity contribution in [3.8, 4) is 0 Å². The van der Waals surface area contributed by atoms with Gasteiger partial charge in [0.1, 0.15) is 0 Å². The smallest absolute Gasteiger partial charge is 0.475 e. The van der Waals surface area contributed by atoms with E-state index in [0.717, 1.165) is 38.2 Å². The van der Waals surface area contributed by atoms with Crippen LogP contribution >= 0.6 is 0 Å². The van der Waals surface area contributed by atoms with Gasteiger partial charge in [-0.15, -0.1) is 0 Å². The van der Waals surface area contributed by atoms with Crippen molar-refractivity contribution in [2.45, 2.75) is 56.5 Å². The van der Waals surface area contributed by atoms with Crippen molar-refractivity contribution >= 4 is 11.9 Å². The van der Waals surface area contributed by atoms with Gasteiger partial charge in [0.25, 0.3) is 0 Å². The summed E-state index contributed by atoms with van der Waals surface area (Å²) < 4.78 is 80.9. The molecule has 2 aliphatic heterocycles. The second kappa shape index (κ2) is 13.6. The first-order valence-corrected chi connectivity index (χ1v) is 11.2. The van der Waals surface area contributed by atoms with Crippen LogP contribution in [0.25, 0.3) is 0 Å². The molecule has 15 heteroatoms. The number of pyridine rings is 1. The number of carboxylic acid groups (broad SMARTS) is 2. The molecule has 2 fully saturated rings. The van der Waals surface area contributed by atoms with Crippen LogP contribution in [0.15, 0.2) is 47.4 Å². The minimum atomic E-state index is -5.08. The summed E-state index contributed by atoms with van der Waals surface area (Å²) in [6, 6.07) is 7.95. The predicted molar refractivity (Wildman–Crippen MR) is 117 cm³/mol. The largest absolute Gasteiger partial charge is 0.490 e. The third-order valence-electron chi connectivity index (χ3n) is 5.46. The summed E-state index contributed by atoms with van der Waals surface area (Å²) in [5, 5.41) is 14.2. The van der Waals surface area contributed by atoms with Gasteiger partial charge >= 0.3 is 24.3 Å². The number of aliphatic carboxylic acids is 2. The molecule has 2 aromatic rings. The highest BCUT2D eigenvalue weighted by Crippen LogP contribution is 2.36. The van der Waals surface area contributed by atoms with Crippen LogP contribution in [-0.4, -0.2) is 75.8 Å². The molecule has 38 heavy (non-hydrogen) atoms. The average molecular weight is 556 g/mol. The fraction of sp³-hybridized carbons (Fsp3) is 0.522. The van der Waals surface area contributed by atoms with Crippen molar-refractivity contribution in [3.05, 3.63) is 54.2 Å². The number of likely N-dealkylation sites (tertiary alicyclic amines) is 1. The van der Waals surface area contributed by atoms with Gasteiger partial charge in [-0.1, -0.05) is 6.07 Å². The molecule has 0 unspecified atom stereocenters. The maximum atomic E-state index is 10.6. The number of halogens is 6. The van der Waals surface area contributed by atoms with Gasteiger partial charge in [-0.05, 0) is 37.6 Å². The van der Waals surface area contributed by atoms with Crippen LogP contribution in [0.4, 0.5) is 26.3 Å². The first-order valence-electron chi connectivity index (χ1n) is 11.2. The number of hydrogen-bond donors (Lipinski definition) is 2. The van der Waals surface area contributed by atoms with Gasteiger partial charge in [0.05, 0.1) is 43.1 Å². The predicted octanol–water partition coefficient (Wildman–Crippen LogP) is 4.28. The molecule has 4 rings (SSSR count). The van der Waals surface area contributed by atoms with Gasteiger partial charge in [0.15, 0.2) is 0 Å². The molecule has 2 aromatic heterocycles. The minimum Gasteiger partial charge on any atom is -0.475 e. The monoisotopic (exact) mass is 556 g/mol. The molecule has 9 nitrogen and oxygen atoms in total. The van der Waals surface area contributed by atoms with E-state index in [1.165, 1.54) is 12.0 Å². The van der Waals surface area contributed by atoms with Crippen LogP contribution in [0.2, 0.25) is 0 Å². The van der Waals surface area contributed by atoms with Gasteiger partial charge in [0.2, 0.25) is 0 Å². The molecule has 2 aliphatic rings. The summed E-state index contributed by atoms with van der Waals surface area (Å²) in [7, 11) is 0. The topological polar surface area (TPSA) is 122 Å². The number of furan rings is 1. The van der Waals surface area contributed by atoms with Crippen LogP contribution in [0.1, 0.15) is 30.5 Å². The molecule has 0 radical (unpaired) electrons. The maximum absolute atomic E-state index is 10.6. The van der Waals surface area contributed by atoms with E-state index in [1.54, 1.807) is 12.5 Å². The lowest BCUT2D eigenvalue weighted by molar-refractivity contribution is -0.193. The lowest BCUT2D eigenvalue weighted by atomic mass is 9.89. The zero-order chi connectivity index (χ0) is 28.4. The highest BCUT2D eigenvalue weighted by atomic mass is 19.4. The summed E-state index contributed by atoms with van der Waals surface area (Å²) in [6.45, 7) is 4.27. The molecule has 212 valence electrons. The molecular formula is C23H26F6N2O7. The van der Waals surface area contributed by atoms with E-state index in [-0.39, 0.29) is 11.7 Å². The number of piperidine rings is 1. The van der Waals surface area contributed by atoms with Crippen LogP contribution in [0.3, 0.4) is 0 Å². The van der Waals surface area contributed by atoms with Gasteiger partial charge in [-0.25, -0.2) is 9.59 Å². The highest BCUT2D eigenvalue weighted by Gasteiger charge is 2.44. The number of hydrogen-bond acceptors (Lipinski definition) is 7. The van der Waals surface area contributed by atoms with Crippen molar-refractivity contribution in [3.63, 3.8) is 0 Å². The second-order valence-electron chi connectivity index (χ2n) is 8.50. The zero-order valence-corrected chi connectivity index (χ0v) is 19.9. The number of aromatic nitrogens is 1. The summed E-state index contributed by atoms with van der Waals surface area (Å²) in [5.74, 6) is -5.51. The Hall–Kier alpha value is -3.17. The Morgan fingerprint density at radius 1 is 1.11 bits per heavy atom. The first-order chi connectivity index (χ1) is 17.7. The normalized spacial score (nSPS) is 21.7. The van der Waals surface area contributed by atoms with Crippen LogP contribution in [0.5, 0.6) is 0 Å². The summed E-state index contributed by atoms with van der Waals surface area (Å²) in [4.78, 5) is 24.6. The van der Waals surface area contributed by atoms with Gasteiger partial charge in [0, 0.05) is 31.3 Å². The summed E-state index contributed by atoms with van der Waals surface area (Å²) in [5.41, 5.74) is 2.16. The number of ether oxygens (including phenoxy) is 2. The van der Waals surface area contributed by atoms with Crippen molar-refractivity contribution < 1.29 is 60.0 Å². The number of rotatable bonds is 5. The molecule has 0 amide bonds. The fourth-order valence-corrected chi connectivity index (χ4v) is 3.85. The Labute approximate surface area is 213 Å². The van der Waals surface area contributed by atoms with Gasteiger partial charge in [-0.3, -0.25) is 9.88 Å². The first kappa shape index (κ1) is 31.1. The van der Waals surface area contributed by atoms with Crippen molar-refractivity contribution in [2.24, 2.45) is 0 Å². The van der Waals surface area contributed by atoms with Crippen LogP contribution in [-0.2, 0) is 32.2 Å². The third-order valence-corrected chi connectivity index (χ3v) is 5.46. The molecule has 0 bridgehead atoms.